The molecule has 0 amide bonds. The molecule has 0 radical (unpaired) electrons. The summed E-state index contributed by atoms with van der Waals surface area (Å²) < 4.78 is 0. The summed E-state index contributed by atoms with van der Waals surface area (Å²) in [6.07, 6.45) is 5.31. The molecule has 0 bridgehead atoms. The second-order valence-electron chi connectivity index (χ2n) is 3.55. The van der Waals surface area contributed by atoms with Gasteiger partial charge in [-0.3, -0.25) is 4.98 Å². The van der Waals surface area contributed by atoms with E-state index in [1.165, 1.54) is 0 Å². The Labute approximate surface area is 102 Å². The third-order valence-corrected chi connectivity index (χ3v) is 3.43. The number of imidazole rings is 1. The molecule has 3 aromatic rings. The van der Waals surface area contributed by atoms with E-state index in [9.17, 15) is 0 Å². The number of hydrogen-bond acceptors (Lipinski definition) is 4. The van der Waals surface area contributed by atoms with E-state index >= 15 is 0 Å². The van der Waals surface area contributed by atoms with Crippen molar-refractivity contribution in [3.8, 4) is 0 Å². The third kappa shape index (κ3) is 1.85. The summed E-state index contributed by atoms with van der Waals surface area (Å²) in [5.74, 6) is 0. The highest BCUT2D eigenvalue weighted by Crippen LogP contribution is 2.32. The van der Waals surface area contributed by atoms with Crippen molar-refractivity contribution in [2.45, 2.75) is 10.1 Å². The number of anilines is 1. The Hall–Kier alpha value is -2.01. The van der Waals surface area contributed by atoms with Crippen LogP contribution in [0.25, 0.3) is 10.9 Å². The van der Waals surface area contributed by atoms with E-state index in [-0.39, 0.29) is 0 Å². The smallest absolute Gasteiger partial charge is 0.170 e. The summed E-state index contributed by atoms with van der Waals surface area (Å²) in [4.78, 5) is 12.7. The molecular weight excluding hydrogens is 232 g/mol. The van der Waals surface area contributed by atoms with E-state index in [0.717, 1.165) is 21.0 Å². The van der Waals surface area contributed by atoms with Crippen LogP contribution in [-0.2, 0) is 0 Å². The number of H-pyrrole nitrogens is 1. The average Bonchev–Trinajstić information content (AvgIpc) is 2.83. The molecule has 2 heterocycles. The highest BCUT2D eigenvalue weighted by Gasteiger charge is 2.06. The fraction of sp³-hybridized carbons (Fsp3) is 0. The van der Waals surface area contributed by atoms with Crippen LogP contribution in [0.5, 0.6) is 0 Å². The van der Waals surface area contributed by atoms with Gasteiger partial charge < -0.3 is 10.7 Å². The highest BCUT2D eigenvalue weighted by atomic mass is 32.2. The largest absolute Gasteiger partial charge is 0.397 e. The summed E-state index contributed by atoms with van der Waals surface area (Å²) in [6, 6.07) is 7.78. The molecule has 1 aromatic carbocycles. The predicted molar refractivity (Wildman–Crippen MR) is 68.9 cm³/mol. The summed E-state index contributed by atoms with van der Waals surface area (Å²) in [5, 5.41) is 1.91. The molecule has 0 spiro atoms. The minimum Gasteiger partial charge on any atom is -0.397 e. The van der Waals surface area contributed by atoms with Crippen molar-refractivity contribution in [3.05, 3.63) is 42.9 Å². The summed E-state index contributed by atoms with van der Waals surface area (Å²) in [7, 11) is 0. The van der Waals surface area contributed by atoms with Crippen molar-refractivity contribution >= 4 is 28.4 Å². The minimum absolute atomic E-state index is 0.699. The number of nitrogen functional groups attached to an aromatic ring is 1. The van der Waals surface area contributed by atoms with Gasteiger partial charge in [0.2, 0.25) is 0 Å². The van der Waals surface area contributed by atoms with Crippen LogP contribution in [0.2, 0.25) is 0 Å². The molecule has 0 fully saturated rings. The van der Waals surface area contributed by atoms with Gasteiger partial charge in [-0.1, -0.05) is 23.9 Å². The first-order valence-corrected chi connectivity index (χ1v) is 5.97. The number of benzene rings is 1. The Kier molecular flexibility index (Phi) is 2.45. The number of nitrogens with one attached hydrogen (secondary N) is 1. The molecule has 0 aliphatic rings. The molecule has 0 aliphatic heterocycles. The molecule has 0 aliphatic carbocycles. The van der Waals surface area contributed by atoms with Crippen molar-refractivity contribution < 1.29 is 0 Å². The first kappa shape index (κ1) is 10.2. The van der Waals surface area contributed by atoms with Crippen LogP contribution in [0.4, 0.5) is 5.69 Å². The van der Waals surface area contributed by atoms with E-state index < -0.39 is 0 Å². The maximum Gasteiger partial charge on any atom is 0.170 e. The van der Waals surface area contributed by atoms with Crippen LogP contribution >= 0.6 is 11.8 Å². The molecule has 4 nitrogen and oxygen atoms in total. The van der Waals surface area contributed by atoms with Crippen molar-refractivity contribution in [3.63, 3.8) is 0 Å². The van der Waals surface area contributed by atoms with Gasteiger partial charge in [-0.25, -0.2) is 4.98 Å². The zero-order valence-electron chi connectivity index (χ0n) is 8.92. The standard InChI is InChI=1S/C12H10N4S/c13-9-3-1-2-8-10(4-5-14-11(8)9)17-12-15-6-7-16-12/h1-7H,13H2,(H,15,16). The van der Waals surface area contributed by atoms with Gasteiger partial charge in [0.15, 0.2) is 5.16 Å². The fourth-order valence-electron chi connectivity index (χ4n) is 1.67. The van der Waals surface area contributed by atoms with E-state index in [2.05, 4.69) is 15.0 Å². The summed E-state index contributed by atoms with van der Waals surface area (Å²) in [5.41, 5.74) is 7.44. The van der Waals surface area contributed by atoms with Crippen molar-refractivity contribution in [1.29, 1.82) is 0 Å². The second-order valence-corrected chi connectivity index (χ2v) is 4.58. The Balaban J connectivity index is 2.14. The third-order valence-electron chi connectivity index (χ3n) is 2.44. The van der Waals surface area contributed by atoms with Gasteiger partial charge in [0.25, 0.3) is 0 Å². The molecule has 2 aromatic heterocycles. The molecular formula is C12H10N4S. The number of fused-ring (bicyclic) bond motifs is 1. The Morgan fingerprint density at radius 3 is 2.88 bits per heavy atom. The van der Waals surface area contributed by atoms with Crippen LogP contribution in [0, 0.1) is 0 Å². The molecule has 0 saturated carbocycles. The normalized spacial score (nSPS) is 10.8. The summed E-state index contributed by atoms with van der Waals surface area (Å²) in [6.45, 7) is 0. The maximum absolute atomic E-state index is 5.90. The topological polar surface area (TPSA) is 67.6 Å². The lowest BCUT2D eigenvalue weighted by atomic mass is 10.2. The van der Waals surface area contributed by atoms with E-state index in [1.807, 2.05) is 24.3 Å². The van der Waals surface area contributed by atoms with E-state index in [0.29, 0.717) is 5.69 Å². The Morgan fingerprint density at radius 1 is 1.12 bits per heavy atom. The zero-order chi connectivity index (χ0) is 11.7. The van der Waals surface area contributed by atoms with Crippen LogP contribution in [0.15, 0.2) is 52.9 Å². The lowest BCUT2D eigenvalue weighted by Gasteiger charge is -2.05. The lowest BCUT2D eigenvalue weighted by Crippen LogP contribution is -1.90. The quantitative estimate of drug-likeness (QED) is 0.678. The monoisotopic (exact) mass is 242 g/mol. The van der Waals surface area contributed by atoms with Crippen molar-refractivity contribution in [2.75, 3.05) is 5.73 Å². The van der Waals surface area contributed by atoms with Gasteiger partial charge >= 0.3 is 0 Å². The van der Waals surface area contributed by atoms with Crippen molar-refractivity contribution in [1.82, 2.24) is 15.0 Å². The van der Waals surface area contributed by atoms with Gasteiger partial charge in [-0.15, -0.1) is 0 Å². The van der Waals surface area contributed by atoms with Crippen molar-refractivity contribution in [2.24, 2.45) is 0 Å². The number of para-hydroxylation sites is 1. The first-order valence-electron chi connectivity index (χ1n) is 5.15. The average molecular weight is 242 g/mol. The van der Waals surface area contributed by atoms with E-state index in [4.69, 9.17) is 5.73 Å². The fourth-order valence-corrected chi connectivity index (χ4v) is 2.53. The number of aromatic nitrogens is 3. The number of pyridine rings is 1. The van der Waals surface area contributed by atoms with Gasteiger partial charge in [-0.2, -0.15) is 0 Å². The Morgan fingerprint density at radius 2 is 2.06 bits per heavy atom. The highest BCUT2D eigenvalue weighted by molar-refractivity contribution is 7.99. The zero-order valence-corrected chi connectivity index (χ0v) is 9.74. The molecule has 17 heavy (non-hydrogen) atoms. The van der Waals surface area contributed by atoms with Gasteiger partial charge in [0.05, 0.1) is 11.2 Å². The van der Waals surface area contributed by atoms with Crippen LogP contribution in [-0.4, -0.2) is 15.0 Å². The maximum atomic E-state index is 5.90. The molecule has 3 N–H and O–H groups in total. The van der Waals surface area contributed by atoms with Gasteiger partial charge in [0.1, 0.15) is 0 Å². The molecule has 0 saturated heterocycles. The molecule has 5 heteroatoms. The SMILES string of the molecule is Nc1cccc2c(Sc3ncc[nH]3)ccnc12. The van der Waals surface area contributed by atoms with Gasteiger partial charge in [-0.05, 0) is 12.1 Å². The number of hydrogen-bond donors (Lipinski definition) is 2. The van der Waals surface area contributed by atoms with Gasteiger partial charge in [0, 0.05) is 28.9 Å². The molecule has 0 unspecified atom stereocenters. The summed E-state index contributed by atoms with van der Waals surface area (Å²) >= 11 is 1.57. The number of rotatable bonds is 2. The number of nitrogens with zero attached hydrogens (tertiary/aromatic N) is 2. The van der Waals surface area contributed by atoms with Crippen LogP contribution in [0.3, 0.4) is 0 Å². The number of nitrogens with two attached hydrogens (primary N) is 1. The lowest BCUT2D eigenvalue weighted by molar-refractivity contribution is 1.06. The minimum atomic E-state index is 0.699. The molecule has 84 valence electrons. The Bertz CT molecular complexity index is 649. The predicted octanol–water partition coefficient (Wildman–Crippen LogP) is 2.69. The number of aromatic amines is 1. The molecule has 3 rings (SSSR count). The first-order chi connectivity index (χ1) is 8.34. The second kappa shape index (κ2) is 4.10. The van der Waals surface area contributed by atoms with E-state index in [1.54, 1.807) is 30.4 Å². The van der Waals surface area contributed by atoms with Crippen LogP contribution < -0.4 is 5.73 Å². The van der Waals surface area contributed by atoms with Crippen LogP contribution in [0.1, 0.15) is 0 Å². The molecule has 0 atom stereocenters.